The topological polar surface area (TPSA) is 67.3 Å². The summed E-state index contributed by atoms with van der Waals surface area (Å²) >= 11 is 0. The van der Waals surface area contributed by atoms with Crippen molar-refractivity contribution in [3.63, 3.8) is 0 Å². The number of H-pyrrole nitrogens is 1. The van der Waals surface area contributed by atoms with Crippen LogP contribution in [0.5, 0.6) is 0 Å². The molecule has 0 fully saturated rings. The summed E-state index contributed by atoms with van der Waals surface area (Å²) in [5, 5.41) is 9.38. The molecule has 0 aliphatic heterocycles. The molecule has 0 radical (unpaired) electrons. The fourth-order valence-corrected chi connectivity index (χ4v) is 7.90. The van der Waals surface area contributed by atoms with E-state index in [0.717, 1.165) is 33.2 Å². The fraction of sp³-hybridized carbons (Fsp3) is 0.0741. The first-order valence-corrected chi connectivity index (χ1v) is 20.0. The summed E-state index contributed by atoms with van der Waals surface area (Å²) < 4.78 is 0. The number of nitrogens with zero attached hydrogens (tertiary/aromatic N) is 4. The van der Waals surface area contributed by atoms with E-state index in [1.54, 1.807) is 6.33 Å². The number of benzene rings is 7. The molecule has 5 heteroatoms. The van der Waals surface area contributed by atoms with Gasteiger partial charge in [-0.25, -0.2) is 4.98 Å². The lowest BCUT2D eigenvalue weighted by Crippen LogP contribution is -2.14. The highest BCUT2D eigenvalue weighted by Gasteiger charge is 2.24. The Kier molecular flexibility index (Phi) is 10.2. The highest BCUT2D eigenvalue weighted by atomic mass is 15.2. The third-order valence-electron chi connectivity index (χ3n) is 10.8. The predicted octanol–water partition coefficient (Wildman–Crippen LogP) is 13.9. The molecule has 0 saturated carbocycles. The van der Waals surface area contributed by atoms with E-state index in [9.17, 15) is 0 Å². The van der Waals surface area contributed by atoms with E-state index in [1.165, 1.54) is 61.2 Å². The van der Waals surface area contributed by atoms with E-state index >= 15 is 0 Å². The maximum absolute atomic E-state index is 4.67. The fourth-order valence-electron chi connectivity index (χ4n) is 7.90. The van der Waals surface area contributed by atoms with Crippen LogP contribution in [0.3, 0.4) is 0 Å². The van der Waals surface area contributed by atoms with Gasteiger partial charge < -0.3 is 0 Å². The zero-order valence-electron chi connectivity index (χ0n) is 33.3. The van der Waals surface area contributed by atoms with Crippen LogP contribution >= 0.6 is 0 Å². The summed E-state index contributed by atoms with van der Waals surface area (Å²) in [5.41, 5.74) is 16.2. The van der Waals surface area contributed by atoms with Crippen molar-refractivity contribution in [2.24, 2.45) is 0 Å². The second-order valence-electron chi connectivity index (χ2n) is 15.6. The Bertz CT molecular complexity index is 2880. The molecular formula is C54H43N5. The van der Waals surface area contributed by atoms with Crippen LogP contribution in [0.1, 0.15) is 26.3 Å². The van der Waals surface area contributed by atoms with E-state index in [0.29, 0.717) is 0 Å². The molecule has 7 aromatic carbocycles. The minimum absolute atomic E-state index is 0.0556. The van der Waals surface area contributed by atoms with Crippen molar-refractivity contribution in [2.75, 3.05) is 0 Å². The Morgan fingerprint density at radius 2 is 0.831 bits per heavy atom. The molecule has 0 saturated heterocycles. The molecule has 284 valence electrons. The number of pyridine rings is 2. The van der Waals surface area contributed by atoms with E-state index < -0.39 is 0 Å². The van der Waals surface area contributed by atoms with Crippen LogP contribution < -0.4 is 0 Å². The van der Waals surface area contributed by atoms with Gasteiger partial charge in [0, 0.05) is 28.7 Å². The summed E-state index contributed by atoms with van der Waals surface area (Å²) in [7, 11) is 0. The van der Waals surface area contributed by atoms with Gasteiger partial charge in [-0.05, 0) is 90.9 Å². The number of hydrogen-bond acceptors (Lipinski definition) is 4. The van der Waals surface area contributed by atoms with Gasteiger partial charge in [-0.1, -0.05) is 178 Å². The summed E-state index contributed by atoms with van der Waals surface area (Å²) in [4.78, 5) is 13.8. The molecule has 59 heavy (non-hydrogen) atoms. The zero-order valence-corrected chi connectivity index (χ0v) is 33.3. The Morgan fingerprint density at radius 1 is 0.390 bits per heavy atom. The SMILES string of the molecule is CC(C)(C)c1cc(-c2ncn[nH]2)cc(-c2ccc(-c3ccccc3)cc2)c1-c1ccccc1.c1ccc(-c2ccnc3c2ccc2c(-c4ccccc4)ccnc23)cc1. The first-order valence-electron chi connectivity index (χ1n) is 20.0. The lowest BCUT2D eigenvalue weighted by atomic mass is 9.77. The van der Waals surface area contributed by atoms with Gasteiger partial charge in [0.15, 0.2) is 5.82 Å². The molecule has 5 nitrogen and oxygen atoms in total. The van der Waals surface area contributed by atoms with E-state index in [-0.39, 0.29) is 5.41 Å². The minimum atomic E-state index is -0.0556. The molecule has 0 amide bonds. The standard InChI is InChI=1S/C30H27N3.C24H16N2/c1-30(2,3)27-19-25(29-31-20-32-33-29)18-26(28(27)24-12-8-5-9-13-24)23-16-14-22(15-17-23)21-10-6-4-7-11-21;1-3-7-17(8-4-1)19-13-15-25-23-21(19)11-12-22-20(14-16-26-24(22)23)18-9-5-2-6-10-18/h4-20H,1-3H3,(H,31,32,33);1-16H. The van der Waals surface area contributed by atoms with Crippen LogP contribution in [0.2, 0.25) is 0 Å². The van der Waals surface area contributed by atoms with E-state index in [1.807, 2.05) is 30.6 Å². The normalized spacial score (nSPS) is 11.3. The monoisotopic (exact) mass is 761 g/mol. The van der Waals surface area contributed by atoms with Gasteiger partial charge in [-0.3, -0.25) is 15.1 Å². The number of aromatic amines is 1. The van der Waals surface area contributed by atoms with Crippen molar-refractivity contribution in [1.82, 2.24) is 25.1 Å². The number of hydrogen-bond donors (Lipinski definition) is 1. The van der Waals surface area contributed by atoms with Gasteiger partial charge >= 0.3 is 0 Å². The average Bonchev–Trinajstić information content (AvgIpc) is 3.85. The number of nitrogens with one attached hydrogen (secondary N) is 1. The molecule has 3 aromatic heterocycles. The maximum Gasteiger partial charge on any atom is 0.155 e. The first kappa shape index (κ1) is 37.1. The van der Waals surface area contributed by atoms with Gasteiger partial charge in [0.2, 0.25) is 0 Å². The Labute approximate surface area is 345 Å². The van der Waals surface area contributed by atoms with Gasteiger partial charge in [0.25, 0.3) is 0 Å². The van der Waals surface area contributed by atoms with Gasteiger partial charge in [0.05, 0.1) is 11.0 Å². The van der Waals surface area contributed by atoms with E-state index in [2.05, 4.69) is 210 Å². The summed E-state index contributed by atoms with van der Waals surface area (Å²) in [6.45, 7) is 6.80. The quantitative estimate of drug-likeness (QED) is 0.171. The van der Waals surface area contributed by atoms with Crippen LogP contribution in [0.4, 0.5) is 0 Å². The molecule has 0 aliphatic carbocycles. The van der Waals surface area contributed by atoms with Crippen molar-refractivity contribution in [2.45, 2.75) is 26.2 Å². The van der Waals surface area contributed by atoms with Crippen LogP contribution in [0.25, 0.3) is 88.8 Å². The molecule has 10 aromatic rings. The maximum atomic E-state index is 4.67. The minimum Gasteiger partial charge on any atom is -0.259 e. The number of rotatable bonds is 6. The summed E-state index contributed by atoms with van der Waals surface area (Å²) in [5.74, 6) is 0.780. The van der Waals surface area contributed by atoms with Crippen molar-refractivity contribution >= 4 is 21.8 Å². The summed E-state index contributed by atoms with van der Waals surface area (Å²) in [6, 6.07) is 63.8. The van der Waals surface area contributed by atoms with Crippen LogP contribution in [-0.2, 0) is 5.41 Å². The number of aromatic nitrogens is 5. The van der Waals surface area contributed by atoms with Crippen LogP contribution in [-0.4, -0.2) is 25.1 Å². The van der Waals surface area contributed by atoms with Crippen LogP contribution in [0.15, 0.2) is 201 Å². The van der Waals surface area contributed by atoms with Crippen molar-refractivity contribution in [3.8, 4) is 67.0 Å². The van der Waals surface area contributed by atoms with Gasteiger partial charge in [-0.15, -0.1) is 0 Å². The molecule has 0 unspecified atom stereocenters. The summed E-state index contributed by atoms with van der Waals surface area (Å²) in [6.07, 6.45) is 5.31. The van der Waals surface area contributed by atoms with E-state index in [4.69, 9.17) is 0 Å². The molecule has 3 heterocycles. The predicted molar refractivity (Wildman–Crippen MR) is 245 cm³/mol. The van der Waals surface area contributed by atoms with Gasteiger partial charge in [-0.2, -0.15) is 5.10 Å². The second kappa shape index (κ2) is 16.2. The third-order valence-corrected chi connectivity index (χ3v) is 10.8. The largest absolute Gasteiger partial charge is 0.259 e. The Hall–Kier alpha value is -7.50. The highest BCUT2D eigenvalue weighted by molar-refractivity contribution is 6.11. The lowest BCUT2D eigenvalue weighted by Gasteiger charge is -2.27. The van der Waals surface area contributed by atoms with Crippen molar-refractivity contribution in [1.29, 1.82) is 0 Å². The van der Waals surface area contributed by atoms with Crippen molar-refractivity contribution in [3.05, 3.63) is 206 Å². The third kappa shape index (κ3) is 7.66. The molecule has 1 N–H and O–H groups in total. The second-order valence-corrected chi connectivity index (χ2v) is 15.6. The zero-order chi connectivity index (χ0) is 40.2. The molecule has 0 aliphatic rings. The molecule has 0 atom stereocenters. The molecular weight excluding hydrogens is 719 g/mol. The molecule has 0 spiro atoms. The molecule has 0 bridgehead atoms. The Morgan fingerprint density at radius 3 is 1.31 bits per heavy atom. The molecule has 10 rings (SSSR count). The van der Waals surface area contributed by atoms with Gasteiger partial charge in [0.1, 0.15) is 6.33 Å². The lowest BCUT2D eigenvalue weighted by molar-refractivity contribution is 0.592. The number of fused-ring (bicyclic) bond motifs is 3. The Balaban J connectivity index is 0.000000156. The van der Waals surface area contributed by atoms with Crippen LogP contribution in [0, 0.1) is 0 Å². The highest BCUT2D eigenvalue weighted by Crippen LogP contribution is 2.43. The smallest absolute Gasteiger partial charge is 0.155 e. The van der Waals surface area contributed by atoms with Crippen molar-refractivity contribution < 1.29 is 0 Å². The first-order chi connectivity index (χ1) is 28.9. The average molecular weight is 762 g/mol.